The predicted molar refractivity (Wildman–Crippen MR) is 82.4 cm³/mol. The summed E-state index contributed by atoms with van der Waals surface area (Å²) in [6.45, 7) is 10.8. The summed E-state index contributed by atoms with van der Waals surface area (Å²) >= 11 is 0. The van der Waals surface area contributed by atoms with Gasteiger partial charge in [0.05, 0.1) is 13.7 Å². The molecule has 1 aliphatic heterocycles. The van der Waals surface area contributed by atoms with Gasteiger partial charge in [-0.05, 0) is 42.9 Å². The van der Waals surface area contributed by atoms with Crippen LogP contribution in [0.1, 0.15) is 32.8 Å². The van der Waals surface area contributed by atoms with Crippen LogP contribution in [-0.2, 0) is 6.54 Å². The van der Waals surface area contributed by atoms with E-state index in [1.165, 1.54) is 25.1 Å². The molecular weight excluding hydrogens is 250 g/mol. The number of hydrogen-bond donors (Lipinski definition) is 0. The molecule has 1 heterocycles. The first-order valence-electron chi connectivity index (χ1n) is 7.64. The molecule has 0 bridgehead atoms. The predicted octanol–water partition coefficient (Wildman–Crippen LogP) is 3.57. The van der Waals surface area contributed by atoms with Crippen LogP contribution in [-0.4, -0.2) is 31.7 Å². The molecule has 1 fully saturated rings. The maximum Gasteiger partial charge on any atom is 0.161 e. The number of benzene rings is 1. The zero-order chi connectivity index (χ0) is 14.5. The molecule has 0 N–H and O–H groups in total. The van der Waals surface area contributed by atoms with E-state index >= 15 is 0 Å². The second-order valence-corrected chi connectivity index (χ2v) is 6.06. The third kappa shape index (κ3) is 3.89. The quantitative estimate of drug-likeness (QED) is 0.821. The van der Waals surface area contributed by atoms with Crippen molar-refractivity contribution in [3.8, 4) is 11.5 Å². The van der Waals surface area contributed by atoms with E-state index in [9.17, 15) is 0 Å². The van der Waals surface area contributed by atoms with Crippen molar-refractivity contribution in [1.29, 1.82) is 0 Å². The lowest BCUT2D eigenvalue weighted by Crippen LogP contribution is -2.38. The average molecular weight is 277 g/mol. The molecule has 1 aromatic rings. The largest absolute Gasteiger partial charge is 0.493 e. The second-order valence-electron chi connectivity index (χ2n) is 6.06. The van der Waals surface area contributed by atoms with E-state index in [-0.39, 0.29) is 0 Å². The molecule has 1 saturated heterocycles. The van der Waals surface area contributed by atoms with E-state index in [4.69, 9.17) is 9.47 Å². The van der Waals surface area contributed by atoms with Gasteiger partial charge in [0.2, 0.25) is 0 Å². The van der Waals surface area contributed by atoms with Gasteiger partial charge < -0.3 is 9.47 Å². The lowest BCUT2D eigenvalue weighted by atomic mass is 9.91. The minimum Gasteiger partial charge on any atom is -0.493 e. The van der Waals surface area contributed by atoms with Crippen molar-refractivity contribution in [2.75, 3.05) is 26.8 Å². The Kier molecular flexibility index (Phi) is 5.30. The van der Waals surface area contributed by atoms with Crippen LogP contribution in [0.4, 0.5) is 0 Å². The second kappa shape index (κ2) is 6.98. The van der Waals surface area contributed by atoms with Gasteiger partial charge in [-0.3, -0.25) is 4.90 Å². The van der Waals surface area contributed by atoms with Gasteiger partial charge in [0.15, 0.2) is 11.5 Å². The number of ether oxygens (including phenoxy) is 2. The van der Waals surface area contributed by atoms with E-state index in [1.807, 2.05) is 13.0 Å². The Bertz CT molecular complexity index is 423. The molecule has 0 amide bonds. The van der Waals surface area contributed by atoms with Crippen LogP contribution in [0, 0.1) is 11.8 Å². The number of likely N-dealkylation sites (tertiary alicyclic amines) is 1. The summed E-state index contributed by atoms with van der Waals surface area (Å²) in [5.74, 6) is 3.26. The molecule has 0 aromatic heterocycles. The van der Waals surface area contributed by atoms with Gasteiger partial charge in [0.25, 0.3) is 0 Å². The summed E-state index contributed by atoms with van der Waals surface area (Å²) in [7, 11) is 1.69. The lowest BCUT2D eigenvalue weighted by Gasteiger charge is -2.35. The van der Waals surface area contributed by atoms with E-state index in [2.05, 4.69) is 30.9 Å². The number of hydrogen-bond acceptors (Lipinski definition) is 3. The number of rotatable bonds is 5. The molecular formula is C17H27NO2. The Morgan fingerprint density at radius 3 is 2.45 bits per heavy atom. The van der Waals surface area contributed by atoms with Crippen LogP contribution < -0.4 is 9.47 Å². The molecule has 20 heavy (non-hydrogen) atoms. The number of piperidine rings is 1. The Balaban J connectivity index is 2.07. The van der Waals surface area contributed by atoms with Gasteiger partial charge in [0, 0.05) is 19.6 Å². The summed E-state index contributed by atoms with van der Waals surface area (Å²) in [4.78, 5) is 2.55. The van der Waals surface area contributed by atoms with E-state index in [0.717, 1.165) is 29.9 Å². The summed E-state index contributed by atoms with van der Waals surface area (Å²) in [5, 5.41) is 0. The van der Waals surface area contributed by atoms with Gasteiger partial charge in [-0.15, -0.1) is 0 Å². The first-order chi connectivity index (χ1) is 9.62. The van der Waals surface area contributed by atoms with Crippen molar-refractivity contribution >= 4 is 0 Å². The molecule has 0 spiro atoms. The summed E-state index contributed by atoms with van der Waals surface area (Å²) < 4.78 is 11.0. The van der Waals surface area contributed by atoms with Crippen molar-refractivity contribution in [2.24, 2.45) is 11.8 Å². The molecule has 2 rings (SSSR count). The van der Waals surface area contributed by atoms with Crippen LogP contribution in [0.15, 0.2) is 18.2 Å². The molecule has 0 aliphatic carbocycles. The van der Waals surface area contributed by atoms with Gasteiger partial charge in [-0.1, -0.05) is 19.9 Å². The number of methoxy groups -OCH3 is 1. The molecule has 0 saturated carbocycles. The SMILES string of the molecule is CCOc1cc(CN2C[C@H](C)C[C@@H](C)C2)ccc1OC. The van der Waals surface area contributed by atoms with Crippen LogP contribution in [0.25, 0.3) is 0 Å². The molecule has 3 heteroatoms. The zero-order valence-corrected chi connectivity index (χ0v) is 13.2. The first kappa shape index (κ1) is 15.2. The van der Waals surface area contributed by atoms with Crippen LogP contribution in [0.3, 0.4) is 0 Å². The van der Waals surface area contributed by atoms with Crippen molar-refractivity contribution in [2.45, 2.75) is 33.7 Å². The maximum absolute atomic E-state index is 5.66. The minimum atomic E-state index is 0.664. The lowest BCUT2D eigenvalue weighted by molar-refractivity contribution is 0.134. The fourth-order valence-electron chi connectivity index (χ4n) is 3.27. The van der Waals surface area contributed by atoms with Crippen LogP contribution >= 0.6 is 0 Å². The molecule has 112 valence electrons. The van der Waals surface area contributed by atoms with Gasteiger partial charge in [-0.25, -0.2) is 0 Å². The van der Waals surface area contributed by atoms with Crippen LogP contribution in [0.5, 0.6) is 11.5 Å². The van der Waals surface area contributed by atoms with Crippen LogP contribution in [0.2, 0.25) is 0 Å². The Hall–Kier alpha value is -1.22. The third-order valence-electron chi connectivity index (χ3n) is 3.88. The summed E-state index contributed by atoms with van der Waals surface area (Å²) in [6, 6.07) is 6.27. The normalized spacial score (nSPS) is 23.6. The van der Waals surface area contributed by atoms with Gasteiger partial charge in [-0.2, -0.15) is 0 Å². The molecule has 2 atom stereocenters. The Morgan fingerprint density at radius 2 is 1.85 bits per heavy atom. The highest BCUT2D eigenvalue weighted by atomic mass is 16.5. The van der Waals surface area contributed by atoms with E-state index in [1.54, 1.807) is 7.11 Å². The zero-order valence-electron chi connectivity index (χ0n) is 13.2. The topological polar surface area (TPSA) is 21.7 Å². The maximum atomic E-state index is 5.66. The highest BCUT2D eigenvalue weighted by Crippen LogP contribution is 2.29. The average Bonchev–Trinajstić information content (AvgIpc) is 2.38. The van der Waals surface area contributed by atoms with Crippen molar-refractivity contribution in [3.63, 3.8) is 0 Å². The summed E-state index contributed by atoms with van der Waals surface area (Å²) in [5.41, 5.74) is 1.30. The first-order valence-corrected chi connectivity index (χ1v) is 7.64. The van der Waals surface area contributed by atoms with Crippen molar-refractivity contribution in [3.05, 3.63) is 23.8 Å². The van der Waals surface area contributed by atoms with Crippen molar-refractivity contribution in [1.82, 2.24) is 4.90 Å². The van der Waals surface area contributed by atoms with E-state index < -0.39 is 0 Å². The Morgan fingerprint density at radius 1 is 1.15 bits per heavy atom. The minimum absolute atomic E-state index is 0.664. The Labute approximate surface area is 122 Å². The fourth-order valence-corrected chi connectivity index (χ4v) is 3.27. The standard InChI is InChI=1S/C17H27NO2/c1-5-20-17-9-15(6-7-16(17)19-4)12-18-10-13(2)8-14(3)11-18/h6-7,9,13-14H,5,8,10-12H2,1-4H3/t13-,14-/m1/s1. The summed E-state index contributed by atoms with van der Waals surface area (Å²) in [6.07, 6.45) is 1.35. The molecule has 1 aromatic carbocycles. The molecule has 0 radical (unpaired) electrons. The number of nitrogens with zero attached hydrogens (tertiary/aromatic N) is 1. The fraction of sp³-hybridized carbons (Fsp3) is 0.647. The monoisotopic (exact) mass is 277 g/mol. The molecule has 3 nitrogen and oxygen atoms in total. The van der Waals surface area contributed by atoms with Gasteiger partial charge >= 0.3 is 0 Å². The highest BCUT2D eigenvalue weighted by molar-refractivity contribution is 5.42. The van der Waals surface area contributed by atoms with Gasteiger partial charge in [0.1, 0.15) is 0 Å². The molecule has 0 unspecified atom stereocenters. The smallest absolute Gasteiger partial charge is 0.161 e. The highest BCUT2D eigenvalue weighted by Gasteiger charge is 2.21. The third-order valence-corrected chi connectivity index (χ3v) is 3.88. The molecule has 1 aliphatic rings. The van der Waals surface area contributed by atoms with Crippen molar-refractivity contribution < 1.29 is 9.47 Å². The van der Waals surface area contributed by atoms with E-state index in [0.29, 0.717) is 6.61 Å².